The monoisotopic (exact) mass is 287 g/mol. The van der Waals surface area contributed by atoms with Crippen LogP contribution >= 0.6 is 0 Å². The van der Waals surface area contributed by atoms with Crippen molar-refractivity contribution >= 4 is 17.9 Å². The lowest BCUT2D eigenvalue weighted by atomic mass is 10.1. The normalized spacial score (nSPS) is 11.6. The van der Waals surface area contributed by atoms with Crippen LogP contribution in [0.25, 0.3) is 0 Å². The van der Waals surface area contributed by atoms with E-state index in [1.807, 2.05) is 6.92 Å². The Morgan fingerprint density at radius 2 is 1.85 bits per heavy atom. The Labute approximate surface area is 119 Å². The molecule has 0 aliphatic heterocycles. The molecular formula is C13H25N3O4. The first kappa shape index (κ1) is 18.2. The van der Waals surface area contributed by atoms with Gasteiger partial charge in [-0.25, -0.2) is 4.79 Å². The summed E-state index contributed by atoms with van der Waals surface area (Å²) in [5, 5.41) is 11.4. The molecule has 0 aromatic heterocycles. The summed E-state index contributed by atoms with van der Waals surface area (Å²) in [6.07, 6.45) is 1.11. The van der Waals surface area contributed by atoms with Crippen molar-refractivity contribution in [3.8, 4) is 0 Å². The fraction of sp³-hybridized carbons (Fsp3) is 0.769. The van der Waals surface area contributed by atoms with Crippen molar-refractivity contribution in [3.05, 3.63) is 0 Å². The van der Waals surface area contributed by atoms with E-state index in [1.165, 1.54) is 9.80 Å². The van der Waals surface area contributed by atoms with Gasteiger partial charge < -0.3 is 20.2 Å². The lowest BCUT2D eigenvalue weighted by Gasteiger charge is -2.23. The van der Waals surface area contributed by atoms with E-state index < -0.39 is 11.9 Å². The average molecular weight is 287 g/mol. The molecule has 0 radical (unpaired) electrons. The van der Waals surface area contributed by atoms with Crippen molar-refractivity contribution in [1.29, 1.82) is 0 Å². The van der Waals surface area contributed by atoms with Crippen LogP contribution in [-0.2, 0) is 9.59 Å². The van der Waals surface area contributed by atoms with Gasteiger partial charge in [-0.3, -0.25) is 9.59 Å². The van der Waals surface area contributed by atoms with Gasteiger partial charge in [-0.05, 0) is 12.8 Å². The number of amides is 3. The summed E-state index contributed by atoms with van der Waals surface area (Å²) < 4.78 is 0. The first-order valence-electron chi connectivity index (χ1n) is 6.75. The number of carbonyl (C=O) groups is 3. The van der Waals surface area contributed by atoms with Crippen LogP contribution in [0.5, 0.6) is 0 Å². The minimum Gasteiger partial charge on any atom is -0.481 e. The number of rotatable bonds is 8. The third-order valence-corrected chi connectivity index (χ3v) is 2.88. The fourth-order valence-corrected chi connectivity index (χ4v) is 1.46. The second-order valence-electron chi connectivity index (χ2n) is 4.97. The van der Waals surface area contributed by atoms with Gasteiger partial charge in [-0.2, -0.15) is 0 Å². The quantitative estimate of drug-likeness (QED) is 0.684. The van der Waals surface area contributed by atoms with E-state index in [-0.39, 0.29) is 25.0 Å². The summed E-state index contributed by atoms with van der Waals surface area (Å²) in [6.45, 7) is 4.31. The number of likely N-dealkylation sites (N-methyl/N-ethyl adjacent to an activating group) is 1. The highest BCUT2D eigenvalue weighted by molar-refractivity contribution is 5.83. The molecule has 0 fully saturated rings. The number of aliphatic carboxylic acids is 1. The topological polar surface area (TPSA) is 90.0 Å². The van der Waals surface area contributed by atoms with E-state index in [2.05, 4.69) is 5.32 Å². The third kappa shape index (κ3) is 6.96. The molecule has 0 saturated heterocycles. The Kier molecular flexibility index (Phi) is 8.35. The lowest BCUT2D eigenvalue weighted by molar-refractivity contribution is -0.141. The van der Waals surface area contributed by atoms with Gasteiger partial charge in [0.25, 0.3) is 0 Å². The van der Waals surface area contributed by atoms with Crippen molar-refractivity contribution in [1.82, 2.24) is 15.1 Å². The summed E-state index contributed by atoms with van der Waals surface area (Å²) in [5.74, 6) is -1.53. The largest absolute Gasteiger partial charge is 0.481 e. The predicted octanol–water partition coefficient (Wildman–Crippen LogP) is 0.607. The number of carbonyl (C=O) groups excluding carboxylic acids is 2. The number of carboxylic acid groups (broad SMARTS) is 1. The van der Waals surface area contributed by atoms with Crippen molar-refractivity contribution in [3.63, 3.8) is 0 Å². The molecule has 0 spiro atoms. The number of hydrogen-bond donors (Lipinski definition) is 2. The molecule has 0 aromatic carbocycles. The molecule has 20 heavy (non-hydrogen) atoms. The SMILES string of the molecule is CCCN(CC(=O)N(C)C)C(=O)NCCC(C)C(=O)O. The van der Waals surface area contributed by atoms with E-state index in [0.717, 1.165) is 6.42 Å². The Balaban J connectivity index is 4.29. The first-order chi connectivity index (χ1) is 9.29. The van der Waals surface area contributed by atoms with E-state index in [1.54, 1.807) is 21.0 Å². The highest BCUT2D eigenvalue weighted by Crippen LogP contribution is 2.01. The molecule has 0 saturated carbocycles. The number of urea groups is 1. The molecule has 0 aliphatic rings. The number of nitrogens with one attached hydrogen (secondary N) is 1. The van der Waals surface area contributed by atoms with Crippen LogP contribution in [0.3, 0.4) is 0 Å². The second kappa shape index (κ2) is 9.17. The minimum absolute atomic E-state index is 0.0289. The molecule has 116 valence electrons. The number of carboxylic acids is 1. The zero-order chi connectivity index (χ0) is 15.7. The van der Waals surface area contributed by atoms with Crippen LogP contribution in [-0.4, -0.2) is 66.5 Å². The van der Waals surface area contributed by atoms with Gasteiger partial charge in [-0.15, -0.1) is 0 Å². The minimum atomic E-state index is -0.882. The van der Waals surface area contributed by atoms with Gasteiger partial charge in [0, 0.05) is 27.2 Å². The molecule has 7 heteroatoms. The Morgan fingerprint density at radius 1 is 1.25 bits per heavy atom. The van der Waals surface area contributed by atoms with Crippen molar-refractivity contribution in [2.24, 2.45) is 5.92 Å². The highest BCUT2D eigenvalue weighted by Gasteiger charge is 2.18. The van der Waals surface area contributed by atoms with Gasteiger partial charge in [0.05, 0.1) is 5.92 Å². The molecule has 7 nitrogen and oxygen atoms in total. The third-order valence-electron chi connectivity index (χ3n) is 2.88. The number of nitrogens with zero attached hydrogens (tertiary/aromatic N) is 2. The van der Waals surface area contributed by atoms with Gasteiger partial charge >= 0.3 is 12.0 Å². The van der Waals surface area contributed by atoms with Crippen LogP contribution in [0.4, 0.5) is 4.79 Å². The van der Waals surface area contributed by atoms with Crippen molar-refractivity contribution in [2.75, 3.05) is 33.7 Å². The van der Waals surface area contributed by atoms with E-state index >= 15 is 0 Å². The number of hydrogen-bond acceptors (Lipinski definition) is 3. The Morgan fingerprint density at radius 3 is 2.30 bits per heavy atom. The maximum Gasteiger partial charge on any atom is 0.317 e. The summed E-state index contributed by atoms with van der Waals surface area (Å²) in [6, 6.07) is -0.334. The van der Waals surface area contributed by atoms with Gasteiger partial charge in [-0.1, -0.05) is 13.8 Å². The molecule has 2 N–H and O–H groups in total. The molecule has 0 aliphatic carbocycles. The highest BCUT2D eigenvalue weighted by atomic mass is 16.4. The van der Waals surface area contributed by atoms with Gasteiger partial charge in [0.1, 0.15) is 6.54 Å². The van der Waals surface area contributed by atoms with Crippen molar-refractivity contribution < 1.29 is 19.5 Å². The van der Waals surface area contributed by atoms with E-state index in [0.29, 0.717) is 13.0 Å². The molecular weight excluding hydrogens is 262 g/mol. The van der Waals surface area contributed by atoms with Crippen LogP contribution < -0.4 is 5.32 Å². The van der Waals surface area contributed by atoms with Gasteiger partial charge in [0.2, 0.25) is 5.91 Å². The summed E-state index contributed by atoms with van der Waals surface area (Å²) in [4.78, 5) is 37.1. The molecule has 0 rings (SSSR count). The smallest absolute Gasteiger partial charge is 0.317 e. The van der Waals surface area contributed by atoms with Crippen LogP contribution in [0, 0.1) is 5.92 Å². The first-order valence-corrected chi connectivity index (χ1v) is 6.75. The maximum atomic E-state index is 11.9. The standard InChI is InChI=1S/C13H25N3O4/c1-5-8-16(9-11(17)15(3)4)13(20)14-7-6-10(2)12(18)19/h10H,5-9H2,1-4H3,(H,14,20)(H,18,19). The van der Waals surface area contributed by atoms with E-state index in [4.69, 9.17) is 5.11 Å². The second-order valence-corrected chi connectivity index (χ2v) is 4.97. The van der Waals surface area contributed by atoms with Crippen molar-refractivity contribution in [2.45, 2.75) is 26.7 Å². The average Bonchev–Trinajstić information content (AvgIpc) is 2.37. The lowest BCUT2D eigenvalue weighted by Crippen LogP contribution is -2.46. The molecule has 0 heterocycles. The molecule has 3 amide bonds. The Bertz CT molecular complexity index is 345. The molecule has 1 atom stereocenters. The summed E-state index contributed by atoms with van der Waals surface area (Å²) in [7, 11) is 3.28. The molecule has 0 aromatic rings. The maximum absolute atomic E-state index is 11.9. The van der Waals surface area contributed by atoms with Crippen LogP contribution in [0.1, 0.15) is 26.7 Å². The predicted molar refractivity (Wildman–Crippen MR) is 75.4 cm³/mol. The molecule has 0 bridgehead atoms. The van der Waals surface area contributed by atoms with Gasteiger partial charge in [0.15, 0.2) is 0 Å². The van der Waals surface area contributed by atoms with E-state index in [9.17, 15) is 14.4 Å². The van der Waals surface area contributed by atoms with Crippen LogP contribution in [0.15, 0.2) is 0 Å². The zero-order valence-electron chi connectivity index (χ0n) is 12.7. The zero-order valence-corrected chi connectivity index (χ0v) is 12.7. The fourth-order valence-electron chi connectivity index (χ4n) is 1.46. The molecule has 1 unspecified atom stereocenters. The Hall–Kier alpha value is -1.79. The summed E-state index contributed by atoms with van der Waals surface area (Å²) >= 11 is 0. The summed E-state index contributed by atoms with van der Waals surface area (Å²) in [5.41, 5.74) is 0. The van der Waals surface area contributed by atoms with Crippen LogP contribution in [0.2, 0.25) is 0 Å².